The van der Waals surface area contributed by atoms with Gasteiger partial charge >= 0.3 is 0 Å². The molecule has 1 N–H and O–H groups in total. The van der Waals surface area contributed by atoms with Gasteiger partial charge in [-0.25, -0.2) is 4.98 Å². The number of nitrogens with zero attached hydrogens (tertiary/aromatic N) is 3. The molecule has 1 aliphatic rings. The Labute approximate surface area is 112 Å². The summed E-state index contributed by atoms with van der Waals surface area (Å²) < 4.78 is 26.7. The van der Waals surface area contributed by atoms with Crippen LogP contribution < -0.4 is 5.32 Å². The molecule has 0 spiro atoms. The van der Waals surface area contributed by atoms with Crippen molar-refractivity contribution in [3.05, 3.63) is 11.6 Å². The monoisotopic (exact) mass is 290 g/mol. The molecule has 2 rings (SSSR count). The van der Waals surface area contributed by atoms with E-state index in [4.69, 9.17) is 0 Å². The largest absolute Gasteiger partial charge is 0.359 e. The zero-order chi connectivity index (χ0) is 13.2. The first-order chi connectivity index (χ1) is 8.50. The minimum atomic E-state index is -3.26. The van der Waals surface area contributed by atoms with Gasteiger partial charge < -0.3 is 5.32 Å². The van der Waals surface area contributed by atoms with Gasteiger partial charge in [0, 0.05) is 44.8 Å². The quantitative estimate of drug-likeness (QED) is 0.892. The predicted octanol–water partition coefficient (Wildman–Crippen LogP) is 0.826. The second-order valence-corrected chi connectivity index (χ2v) is 7.48. The molecule has 0 aromatic carbocycles. The lowest BCUT2D eigenvalue weighted by Gasteiger charge is -2.32. The Morgan fingerprint density at radius 1 is 1.44 bits per heavy atom. The van der Waals surface area contributed by atoms with E-state index in [1.807, 2.05) is 5.38 Å². The van der Waals surface area contributed by atoms with Gasteiger partial charge in [-0.3, -0.25) is 0 Å². The molecule has 8 heteroatoms. The van der Waals surface area contributed by atoms with E-state index in [1.165, 1.54) is 8.61 Å². The molecule has 1 aromatic heterocycles. The van der Waals surface area contributed by atoms with Crippen molar-refractivity contribution in [3.8, 4) is 0 Å². The molecule has 0 bridgehead atoms. The summed E-state index contributed by atoms with van der Waals surface area (Å²) in [4.78, 5) is 4.17. The van der Waals surface area contributed by atoms with E-state index >= 15 is 0 Å². The molecule has 6 nitrogen and oxygen atoms in total. The van der Waals surface area contributed by atoms with Crippen LogP contribution in [-0.4, -0.2) is 55.2 Å². The zero-order valence-corrected chi connectivity index (χ0v) is 12.2. The standard InChI is InChI=1S/C10H18N4O2S2/c1-13(2)18(15,16)14-6-3-9(4-7-14)12-10-11-5-8-17-10/h5,8-9H,3-4,6-7H2,1-2H3,(H,11,12). The Morgan fingerprint density at radius 2 is 2.11 bits per heavy atom. The van der Waals surface area contributed by atoms with E-state index in [-0.39, 0.29) is 0 Å². The van der Waals surface area contributed by atoms with Crippen LogP contribution in [0.1, 0.15) is 12.8 Å². The second kappa shape index (κ2) is 5.52. The lowest BCUT2D eigenvalue weighted by Crippen LogP contribution is -2.46. The molecule has 2 heterocycles. The van der Waals surface area contributed by atoms with Gasteiger partial charge in [-0.15, -0.1) is 11.3 Å². The molecular formula is C10H18N4O2S2. The summed E-state index contributed by atoms with van der Waals surface area (Å²) >= 11 is 1.57. The third-order valence-electron chi connectivity index (χ3n) is 3.00. The number of nitrogens with one attached hydrogen (secondary N) is 1. The van der Waals surface area contributed by atoms with E-state index in [2.05, 4.69) is 10.3 Å². The van der Waals surface area contributed by atoms with Crippen molar-refractivity contribution in [1.82, 2.24) is 13.6 Å². The summed E-state index contributed by atoms with van der Waals surface area (Å²) in [6.45, 7) is 1.12. The van der Waals surface area contributed by atoms with Crippen molar-refractivity contribution in [2.24, 2.45) is 0 Å². The highest BCUT2D eigenvalue weighted by Gasteiger charge is 2.29. The number of aromatic nitrogens is 1. The third kappa shape index (κ3) is 3.00. The SMILES string of the molecule is CN(C)S(=O)(=O)N1CCC(Nc2nccs2)CC1. The average molecular weight is 290 g/mol. The highest BCUT2D eigenvalue weighted by molar-refractivity contribution is 7.86. The molecule has 102 valence electrons. The van der Waals surface area contributed by atoms with Gasteiger partial charge in [0.25, 0.3) is 10.2 Å². The van der Waals surface area contributed by atoms with Crippen molar-refractivity contribution in [2.75, 3.05) is 32.5 Å². The fourth-order valence-corrected chi connectivity index (χ4v) is 3.67. The Balaban J connectivity index is 1.89. The molecule has 1 aliphatic heterocycles. The molecule has 1 saturated heterocycles. The Morgan fingerprint density at radius 3 is 2.61 bits per heavy atom. The minimum Gasteiger partial charge on any atom is -0.359 e. The first-order valence-electron chi connectivity index (χ1n) is 5.84. The van der Waals surface area contributed by atoms with Gasteiger partial charge in [-0.2, -0.15) is 17.0 Å². The van der Waals surface area contributed by atoms with Gasteiger partial charge in [0.05, 0.1) is 0 Å². The predicted molar refractivity (Wildman–Crippen MR) is 72.9 cm³/mol. The summed E-state index contributed by atoms with van der Waals surface area (Å²) in [7, 11) is -0.130. The minimum absolute atomic E-state index is 0.310. The second-order valence-electron chi connectivity index (χ2n) is 4.45. The topological polar surface area (TPSA) is 65.5 Å². The zero-order valence-electron chi connectivity index (χ0n) is 10.5. The highest BCUT2D eigenvalue weighted by Crippen LogP contribution is 2.20. The summed E-state index contributed by atoms with van der Waals surface area (Å²) in [5.74, 6) is 0. The van der Waals surface area contributed by atoms with Gasteiger partial charge in [-0.05, 0) is 12.8 Å². The number of thiazole rings is 1. The normalized spacial score (nSPS) is 19.3. The fourth-order valence-electron chi connectivity index (χ4n) is 1.93. The molecule has 1 fully saturated rings. The van der Waals surface area contributed by atoms with E-state index < -0.39 is 10.2 Å². The molecule has 0 aliphatic carbocycles. The molecule has 0 radical (unpaired) electrons. The van der Waals surface area contributed by atoms with E-state index in [0.717, 1.165) is 18.0 Å². The lowest BCUT2D eigenvalue weighted by molar-refractivity contribution is 0.311. The van der Waals surface area contributed by atoms with Crippen LogP contribution in [0.5, 0.6) is 0 Å². The van der Waals surface area contributed by atoms with Crippen LogP contribution in [0.15, 0.2) is 11.6 Å². The van der Waals surface area contributed by atoms with Crippen molar-refractivity contribution in [2.45, 2.75) is 18.9 Å². The number of hydrogen-bond donors (Lipinski definition) is 1. The number of piperidine rings is 1. The number of hydrogen-bond acceptors (Lipinski definition) is 5. The van der Waals surface area contributed by atoms with Crippen molar-refractivity contribution < 1.29 is 8.42 Å². The highest BCUT2D eigenvalue weighted by atomic mass is 32.2. The Bertz CT molecular complexity index is 464. The van der Waals surface area contributed by atoms with Crippen LogP contribution in [0.2, 0.25) is 0 Å². The number of rotatable bonds is 4. The van der Waals surface area contributed by atoms with E-state index in [0.29, 0.717) is 19.1 Å². The van der Waals surface area contributed by atoms with Gasteiger partial charge in [-0.1, -0.05) is 0 Å². The summed E-state index contributed by atoms with van der Waals surface area (Å²) in [5.41, 5.74) is 0. The molecular weight excluding hydrogens is 272 g/mol. The molecule has 0 saturated carbocycles. The van der Waals surface area contributed by atoms with Gasteiger partial charge in [0.2, 0.25) is 0 Å². The van der Waals surface area contributed by atoms with Crippen LogP contribution in [0.3, 0.4) is 0 Å². The Kier molecular flexibility index (Phi) is 4.21. The maximum atomic E-state index is 11.9. The van der Waals surface area contributed by atoms with Gasteiger partial charge in [0.15, 0.2) is 5.13 Å². The van der Waals surface area contributed by atoms with Crippen molar-refractivity contribution in [3.63, 3.8) is 0 Å². The molecule has 0 unspecified atom stereocenters. The maximum absolute atomic E-state index is 11.9. The average Bonchev–Trinajstić information content (AvgIpc) is 2.82. The van der Waals surface area contributed by atoms with Crippen LogP contribution >= 0.6 is 11.3 Å². The fraction of sp³-hybridized carbons (Fsp3) is 0.700. The third-order valence-corrected chi connectivity index (χ3v) is 5.65. The smallest absolute Gasteiger partial charge is 0.281 e. The first kappa shape index (κ1) is 13.7. The van der Waals surface area contributed by atoms with E-state index in [1.54, 1.807) is 31.6 Å². The molecule has 0 atom stereocenters. The van der Waals surface area contributed by atoms with Crippen molar-refractivity contribution >= 4 is 26.7 Å². The van der Waals surface area contributed by atoms with Crippen LogP contribution in [0.25, 0.3) is 0 Å². The van der Waals surface area contributed by atoms with E-state index in [9.17, 15) is 8.42 Å². The lowest BCUT2D eigenvalue weighted by atomic mass is 10.1. The summed E-state index contributed by atoms with van der Waals surface area (Å²) in [6, 6.07) is 0.310. The van der Waals surface area contributed by atoms with Crippen LogP contribution in [0.4, 0.5) is 5.13 Å². The molecule has 1 aromatic rings. The summed E-state index contributed by atoms with van der Waals surface area (Å²) in [6.07, 6.45) is 3.39. The Hall–Kier alpha value is -0.700. The number of anilines is 1. The molecule has 18 heavy (non-hydrogen) atoms. The van der Waals surface area contributed by atoms with Crippen molar-refractivity contribution in [1.29, 1.82) is 0 Å². The first-order valence-corrected chi connectivity index (χ1v) is 8.11. The maximum Gasteiger partial charge on any atom is 0.281 e. The van der Waals surface area contributed by atoms with Gasteiger partial charge in [0.1, 0.15) is 0 Å². The van der Waals surface area contributed by atoms with Crippen LogP contribution in [-0.2, 0) is 10.2 Å². The van der Waals surface area contributed by atoms with Crippen LogP contribution in [0, 0.1) is 0 Å². The summed E-state index contributed by atoms with van der Waals surface area (Å²) in [5, 5.41) is 6.17. The molecule has 0 amide bonds.